The largest absolute Gasteiger partial charge is 0.386 e. The molecule has 0 aliphatic carbocycles. The molecule has 2 N–H and O–H groups in total. The van der Waals surface area contributed by atoms with Gasteiger partial charge in [-0.2, -0.15) is 0 Å². The number of carbonyl (C=O) groups is 2. The molecule has 82 valence electrons. The highest BCUT2D eigenvalue weighted by molar-refractivity contribution is 6.13. The van der Waals surface area contributed by atoms with Crippen LogP contribution in [0.3, 0.4) is 0 Å². The molecule has 4 heteroatoms. The van der Waals surface area contributed by atoms with Gasteiger partial charge in [-0.3, -0.25) is 14.9 Å². The first-order valence-corrected chi connectivity index (χ1v) is 5.06. The predicted molar refractivity (Wildman–Crippen MR) is 59.1 cm³/mol. The van der Waals surface area contributed by atoms with Crippen LogP contribution in [0.4, 0.5) is 0 Å². The third kappa shape index (κ3) is 2.48. The Morgan fingerprint density at radius 1 is 1.25 bits per heavy atom. The van der Waals surface area contributed by atoms with Crippen molar-refractivity contribution in [3.8, 4) is 0 Å². The third-order valence-corrected chi connectivity index (χ3v) is 2.32. The molecule has 1 fully saturated rings. The number of rotatable bonds is 3. The van der Waals surface area contributed by atoms with E-state index < -0.39 is 0 Å². The van der Waals surface area contributed by atoms with E-state index in [2.05, 4.69) is 10.6 Å². The smallest absolute Gasteiger partial charge is 0.255 e. The molecule has 1 aliphatic rings. The van der Waals surface area contributed by atoms with Crippen molar-refractivity contribution in [3.05, 3.63) is 47.7 Å². The van der Waals surface area contributed by atoms with Gasteiger partial charge in [0.05, 0.1) is 6.42 Å². The van der Waals surface area contributed by atoms with Gasteiger partial charge < -0.3 is 5.32 Å². The van der Waals surface area contributed by atoms with E-state index in [1.165, 1.54) is 0 Å². The third-order valence-electron chi connectivity index (χ3n) is 2.32. The summed E-state index contributed by atoms with van der Waals surface area (Å²) >= 11 is 0. The molecule has 0 saturated carbocycles. The van der Waals surface area contributed by atoms with E-state index in [9.17, 15) is 9.59 Å². The zero-order chi connectivity index (χ0) is 11.4. The Morgan fingerprint density at radius 2 is 2.00 bits per heavy atom. The van der Waals surface area contributed by atoms with Crippen LogP contribution < -0.4 is 10.6 Å². The topological polar surface area (TPSA) is 58.2 Å². The molecule has 4 nitrogen and oxygen atoms in total. The summed E-state index contributed by atoms with van der Waals surface area (Å²) in [5.41, 5.74) is 1.62. The minimum atomic E-state index is -0.300. The van der Waals surface area contributed by atoms with E-state index in [0.29, 0.717) is 12.1 Å². The molecule has 1 aromatic carbocycles. The maximum atomic E-state index is 11.2. The van der Waals surface area contributed by atoms with Crippen LogP contribution in [0, 0.1) is 0 Å². The van der Waals surface area contributed by atoms with Gasteiger partial charge in [0.1, 0.15) is 0 Å². The van der Waals surface area contributed by atoms with Crippen molar-refractivity contribution in [2.75, 3.05) is 0 Å². The van der Waals surface area contributed by atoms with Crippen LogP contribution in [0.1, 0.15) is 12.0 Å². The standard InChI is InChI=1S/C12H12N2O2/c15-11-6-10(12(16)14-11)8-13-7-9-4-2-1-3-5-9/h1-5,8,13H,6-7H2,(H,14,15,16)/b10-8+. The SMILES string of the molecule is O=C1C/C(=C\NCc2ccccc2)C(=O)N1. The minimum absolute atomic E-state index is 0.167. The first kappa shape index (κ1) is 10.4. The first-order valence-electron chi connectivity index (χ1n) is 5.06. The molecule has 0 radical (unpaired) electrons. The van der Waals surface area contributed by atoms with Crippen molar-refractivity contribution >= 4 is 11.8 Å². The quantitative estimate of drug-likeness (QED) is 0.578. The fraction of sp³-hybridized carbons (Fsp3) is 0.167. The van der Waals surface area contributed by atoms with Gasteiger partial charge in [0, 0.05) is 18.3 Å². The molecule has 0 unspecified atom stereocenters. The number of nitrogens with one attached hydrogen (secondary N) is 2. The molecule has 0 bridgehead atoms. The van der Waals surface area contributed by atoms with Gasteiger partial charge >= 0.3 is 0 Å². The lowest BCUT2D eigenvalue weighted by Crippen LogP contribution is -2.20. The number of hydrogen-bond acceptors (Lipinski definition) is 3. The summed E-state index contributed by atoms with van der Waals surface area (Å²) in [5, 5.41) is 5.25. The van der Waals surface area contributed by atoms with E-state index in [-0.39, 0.29) is 18.2 Å². The number of carbonyl (C=O) groups excluding carboxylic acids is 2. The van der Waals surface area contributed by atoms with Gasteiger partial charge in [-0.05, 0) is 5.56 Å². The van der Waals surface area contributed by atoms with Crippen molar-refractivity contribution < 1.29 is 9.59 Å². The average Bonchev–Trinajstić information content (AvgIpc) is 2.59. The van der Waals surface area contributed by atoms with Crippen molar-refractivity contribution in [1.82, 2.24) is 10.6 Å². The summed E-state index contributed by atoms with van der Waals surface area (Å²) in [6.07, 6.45) is 1.77. The second-order valence-electron chi connectivity index (χ2n) is 3.59. The van der Waals surface area contributed by atoms with Gasteiger partial charge in [0.15, 0.2) is 0 Å². The summed E-state index contributed by atoms with van der Waals surface area (Å²) in [7, 11) is 0. The fourth-order valence-corrected chi connectivity index (χ4v) is 1.51. The Morgan fingerprint density at radius 3 is 2.62 bits per heavy atom. The second-order valence-corrected chi connectivity index (χ2v) is 3.59. The van der Waals surface area contributed by atoms with Gasteiger partial charge in [0.2, 0.25) is 5.91 Å². The maximum Gasteiger partial charge on any atom is 0.255 e. The summed E-state index contributed by atoms with van der Waals surface area (Å²) < 4.78 is 0. The van der Waals surface area contributed by atoms with E-state index in [0.717, 1.165) is 5.56 Å². The highest BCUT2D eigenvalue weighted by Gasteiger charge is 2.23. The van der Waals surface area contributed by atoms with Crippen molar-refractivity contribution in [3.63, 3.8) is 0 Å². The van der Waals surface area contributed by atoms with Gasteiger partial charge in [0.25, 0.3) is 5.91 Å². The lowest BCUT2D eigenvalue weighted by molar-refractivity contribution is -0.124. The van der Waals surface area contributed by atoms with Crippen molar-refractivity contribution in [2.45, 2.75) is 13.0 Å². The predicted octanol–water partition coefficient (Wildman–Crippen LogP) is 0.707. The number of amides is 2. The molecule has 1 saturated heterocycles. The zero-order valence-corrected chi connectivity index (χ0v) is 8.69. The lowest BCUT2D eigenvalue weighted by Gasteiger charge is -2.01. The van der Waals surface area contributed by atoms with Gasteiger partial charge in [-0.1, -0.05) is 30.3 Å². The van der Waals surface area contributed by atoms with Crippen LogP contribution in [0.2, 0.25) is 0 Å². The Hall–Kier alpha value is -2.10. The van der Waals surface area contributed by atoms with E-state index in [4.69, 9.17) is 0 Å². The Balaban J connectivity index is 1.90. The van der Waals surface area contributed by atoms with E-state index in [1.54, 1.807) is 6.20 Å². The van der Waals surface area contributed by atoms with E-state index >= 15 is 0 Å². The Kier molecular flexibility index (Phi) is 3.00. The molecule has 0 spiro atoms. The Labute approximate surface area is 93.3 Å². The first-order chi connectivity index (χ1) is 7.75. The summed E-state index contributed by atoms with van der Waals surface area (Å²) in [4.78, 5) is 22.1. The number of hydrogen-bond donors (Lipinski definition) is 2. The monoisotopic (exact) mass is 216 g/mol. The molecular weight excluding hydrogens is 204 g/mol. The molecule has 2 amide bonds. The molecule has 2 rings (SSSR count). The lowest BCUT2D eigenvalue weighted by atomic mass is 10.2. The van der Waals surface area contributed by atoms with Gasteiger partial charge in [-0.15, -0.1) is 0 Å². The summed E-state index contributed by atoms with van der Waals surface area (Å²) in [5.74, 6) is -0.539. The van der Waals surface area contributed by atoms with Crippen molar-refractivity contribution in [2.24, 2.45) is 0 Å². The van der Waals surface area contributed by atoms with Crippen LogP contribution in [-0.2, 0) is 16.1 Å². The minimum Gasteiger partial charge on any atom is -0.386 e. The molecule has 0 atom stereocenters. The second kappa shape index (κ2) is 4.61. The van der Waals surface area contributed by atoms with E-state index in [1.807, 2.05) is 30.3 Å². The molecule has 1 heterocycles. The van der Waals surface area contributed by atoms with Crippen LogP contribution in [0.15, 0.2) is 42.1 Å². The number of imide groups is 1. The Bertz CT molecular complexity index is 438. The highest BCUT2D eigenvalue weighted by atomic mass is 16.2. The average molecular weight is 216 g/mol. The van der Waals surface area contributed by atoms with Crippen LogP contribution >= 0.6 is 0 Å². The van der Waals surface area contributed by atoms with Crippen molar-refractivity contribution in [1.29, 1.82) is 0 Å². The normalized spacial score (nSPS) is 17.6. The van der Waals surface area contributed by atoms with Crippen LogP contribution in [0.5, 0.6) is 0 Å². The highest BCUT2D eigenvalue weighted by Crippen LogP contribution is 2.07. The fourth-order valence-electron chi connectivity index (χ4n) is 1.51. The van der Waals surface area contributed by atoms with Crippen LogP contribution in [-0.4, -0.2) is 11.8 Å². The molecule has 1 aliphatic heterocycles. The molecule has 0 aromatic heterocycles. The zero-order valence-electron chi connectivity index (χ0n) is 8.69. The summed E-state index contributed by atoms with van der Waals surface area (Å²) in [6.45, 7) is 0.645. The maximum absolute atomic E-state index is 11.2. The molecule has 1 aromatic rings. The number of benzene rings is 1. The van der Waals surface area contributed by atoms with Gasteiger partial charge in [-0.25, -0.2) is 0 Å². The summed E-state index contributed by atoms with van der Waals surface area (Å²) in [6, 6.07) is 9.84. The molecule has 16 heavy (non-hydrogen) atoms. The molecular formula is C12H12N2O2. The van der Waals surface area contributed by atoms with Crippen LogP contribution in [0.25, 0.3) is 0 Å².